The van der Waals surface area contributed by atoms with Gasteiger partial charge in [0.05, 0.1) is 6.61 Å². The van der Waals surface area contributed by atoms with E-state index < -0.39 is 0 Å². The fourth-order valence-electron chi connectivity index (χ4n) is 1.90. The van der Waals surface area contributed by atoms with E-state index in [0.29, 0.717) is 6.61 Å². The second-order valence-electron chi connectivity index (χ2n) is 4.55. The first-order chi connectivity index (χ1) is 10.1. The van der Waals surface area contributed by atoms with Crippen LogP contribution in [0.4, 0.5) is 0 Å². The van der Waals surface area contributed by atoms with Crippen LogP contribution in [0.5, 0.6) is 5.75 Å². The molecular weight excluding hydrogens is 348 g/mol. The van der Waals surface area contributed by atoms with Gasteiger partial charge in [-0.15, -0.1) is 11.8 Å². The summed E-state index contributed by atoms with van der Waals surface area (Å²) in [5.41, 5.74) is 1.78. The van der Waals surface area contributed by atoms with E-state index in [-0.39, 0.29) is 5.78 Å². The zero-order valence-electron chi connectivity index (χ0n) is 12.1. The van der Waals surface area contributed by atoms with Crippen LogP contribution in [0.2, 0.25) is 0 Å². The lowest BCUT2D eigenvalue weighted by molar-refractivity contribution is 0.101. The molecule has 0 amide bonds. The molecule has 0 aliphatic heterocycles. The first-order valence-corrected chi connectivity index (χ1v) is 8.53. The van der Waals surface area contributed by atoms with Crippen molar-refractivity contribution in [1.29, 1.82) is 0 Å². The van der Waals surface area contributed by atoms with Crippen molar-refractivity contribution in [2.24, 2.45) is 0 Å². The lowest BCUT2D eigenvalue weighted by Gasteiger charge is -2.11. The number of carbonyl (C=O) groups excluding carboxylic acids is 1. The Kier molecular flexibility index (Phi) is 5.88. The van der Waals surface area contributed by atoms with Crippen LogP contribution in [0.25, 0.3) is 0 Å². The van der Waals surface area contributed by atoms with Gasteiger partial charge in [0.15, 0.2) is 5.78 Å². The van der Waals surface area contributed by atoms with Gasteiger partial charge in [-0.25, -0.2) is 0 Å². The van der Waals surface area contributed by atoms with Crippen LogP contribution in [-0.2, 0) is 5.75 Å². The SMILES string of the molecule is CCOc1ccc(C(C)=O)cc1CSc1ccc(Br)cc1. The van der Waals surface area contributed by atoms with Crippen molar-refractivity contribution < 1.29 is 9.53 Å². The first kappa shape index (κ1) is 16.1. The Balaban J connectivity index is 2.17. The number of hydrogen-bond acceptors (Lipinski definition) is 3. The van der Waals surface area contributed by atoms with Crippen molar-refractivity contribution in [2.45, 2.75) is 24.5 Å². The van der Waals surface area contributed by atoms with Crippen LogP contribution >= 0.6 is 27.7 Å². The van der Waals surface area contributed by atoms with Crippen LogP contribution in [0.1, 0.15) is 29.8 Å². The molecule has 0 aromatic heterocycles. The summed E-state index contributed by atoms with van der Waals surface area (Å²) in [5.74, 6) is 1.71. The Morgan fingerprint density at radius 2 is 1.90 bits per heavy atom. The molecule has 2 aromatic rings. The van der Waals surface area contributed by atoms with E-state index in [1.807, 2.05) is 37.3 Å². The molecule has 2 rings (SSSR count). The Morgan fingerprint density at radius 1 is 1.19 bits per heavy atom. The lowest BCUT2D eigenvalue weighted by Crippen LogP contribution is -1.99. The highest BCUT2D eigenvalue weighted by Crippen LogP contribution is 2.29. The second-order valence-corrected chi connectivity index (χ2v) is 6.52. The molecular formula is C17H17BrO2S. The van der Waals surface area contributed by atoms with Gasteiger partial charge in [-0.1, -0.05) is 15.9 Å². The van der Waals surface area contributed by atoms with Gasteiger partial charge in [0.1, 0.15) is 5.75 Å². The number of hydrogen-bond donors (Lipinski definition) is 0. The molecule has 2 aromatic carbocycles. The van der Waals surface area contributed by atoms with E-state index in [1.165, 1.54) is 4.90 Å². The summed E-state index contributed by atoms with van der Waals surface area (Å²) in [6.45, 7) is 4.17. The predicted octanol–water partition coefficient (Wildman–Crippen LogP) is 5.34. The molecule has 0 aliphatic rings. The van der Waals surface area contributed by atoms with Crippen molar-refractivity contribution in [3.63, 3.8) is 0 Å². The molecule has 2 nitrogen and oxygen atoms in total. The summed E-state index contributed by atoms with van der Waals surface area (Å²) in [5, 5.41) is 0. The lowest BCUT2D eigenvalue weighted by atomic mass is 10.1. The maximum Gasteiger partial charge on any atom is 0.159 e. The van der Waals surface area contributed by atoms with Gasteiger partial charge < -0.3 is 4.74 Å². The fourth-order valence-corrected chi connectivity index (χ4v) is 3.04. The quantitative estimate of drug-likeness (QED) is 0.510. The highest BCUT2D eigenvalue weighted by atomic mass is 79.9. The summed E-state index contributed by atoms with van der Waals surface area (Å²) < 4.78 is 6.72. The minimum atomic E-state index is 0.0768. The molecule has 0 unspecified atom stereocenters. The van der Waals surface area contributed by atoms with Gasteiger partial charge >= 0.3 is 0 Å². The van der Waals surface area contributed by atoms with Gasteiger partial charge in [0, 0.05) is 26.2 Å². The maximum absolute atomic E-state index is 11.5. The number of halogens is 1. The molecule has 0 aliphatic carbocycles. The van der Waals surface area contributed by atoms with Crippen molar-refractivity contribution in [3.05, 3.63) is 58.1 Å². The molecule has 21 heavy (non-hydrogen) atoms. The molecule has 0 bridgehead atoms. The molecule has 0 saturated carbocycles. The van der Waals surface area contributed by atoms with Crippen LogP contribution in [0.3, 0.4) is 0 Å². The molecule has 0 saturated heterocycles. The average molecular weight is 365 g/mol. The van der Waals surface area contributed by atoms with E-state index in [1.54, 1.807) is 18.7 Å². The summed E-state index contributed by atoms with van der Waals surface area (Å²) in [7, 11) is 0. The third-order valence-electron chi connectivity index (χ3n) is 2.97. The van der Waals surface area contributed by atoms with Crippen LogP contribution in [0.15, 0.2) is 51.8 Å². The minimum absolute atomic E-state index is 0.0768. The molecule has 0 atom stereocenters. The summed E-state index contributed by atoms with van der Waals surface area (Å²) in [6.07, 6.45) is 0. The monoisotopic (exact) mass is 364 g/mol. The Labute approximate surface area is 138 Å². The molecule has 110 valence electrons. The molecule has 0 fully saturated rings. The minimum Gasteiger partial charge on any atom is -0.494 e. The maximum atomic E-state index is 11.5. The second kappa shape index (κ2) is 7.66. The van der Waals surface area contributed by atoms with Crippen molar-refractivity contribution in [2.75, 3.05) is 6.61 Å². The highest BCUT2D eigenvalue weighted by molar-refractivity contribution is 9.10. The van der Waals surface area contributed by atoms with Crippen LogP contribution < -0.4 is 4.74 Å². The van der Waals surface area contributed by atoms with Gasteiger partial charge in [-0.2, -0.15) is 0 Å². The van der Waals surface area contributed by atoms with Gasteiger partial charge in [0.2, 0.25) is 0 Å². The average Bonchev–Trinajstić information content (AvgIpc) is 2.48. The summed E-state index contributed by atoms with van der Waals surface area (Å²) >= 11 is 5.16. The van der Waals surface area contributed by atoms with E-state index in [2.05, 4.69) is 28.1 Å². The smallest absolute Gasteiger partial charge is 0.159 e. The summed E-state index contributed by atoms with van der Waals surface area (Å²) in [6, 6.07) is 13.8. The topological polar surface area (TPSA) is 26.3 Å². The number of thioether (sulfide) groups is 1. The number of rotatable bonds is 6. The third-order valence-corrected chi connectivity index (χ3v) is 4.56. The Hall–Kier alpha value is -1.26. The van der Waals surface area contributed by atoms with E-state index >= 15 is 0 Å². The molecule has 0 radical (unpaired) electrons. The van der Waals surface area contributed by atoms with E-state index in [4.69, 9.17) is 4.74 Å². The largest absolute Gasteiger partial charge is 0.494 e. The van der Waals surface area contributed by atoms with Crippen molar-refractivity contribution >= 4 is 33.5 Å². The Morgan fingerprint density at radius 3 is 2.52 bits per heavy atom. The zero-order valence-corrected chi connectivity index (χ0v) is 14.5. The number of benzene rings is 2. The van der Waals surface area contributed by atoms with Crippen molar-refractivity contribution in [1.82, 2.24) is 0 Å². The normalized spacial score (nSPS) is 10.4. The van der Waals surface area contributed by atoms with Crippen molar-refractivity contribution in [3.8, 4) is 5.75 Å². The van der Waals surface area contributed by atoms with Gasteiger partial charge in [-0.05, 0) is 56.3 Å². The number of ether oxygens (including phenoxy) is 1. The molecule has 4 heteroatoms. The molecule has 0 N–H and O–H groups in total. The predicted molar refractivity (Wildman–Crippen MR) is 91.3 cm³/mol. The first-order valence-electron chi connectivity index (χ1n) is 6.75. The number of Topliss-reactive ketones (excluding diaryl/α,β-unsaturated/α-hetero) is 1. The van der Waals surface area contributed by atoms with E-state index in [0.717, 1.165) is 27.1 Å². The highest BCUT2D eigenvalue weighted by Gasteiger charge is 2.08. The van der Waals surface area contributed by atoms with Gasteiger partial charge in [-0.3, -0.25) is 4.79 Å². The molecule has 0 heterocycles. The van der Waals surface area contributed by atoms with Crippen LogP contribution in [0, 0.1) is 0 Å². The standard InChI is InChI=1S/C17H17BrO2S/c1-3-20-17-9-4-13(12(2)19)10-14(17)11-21-16-7-5-15(18)6-8-16/h4-10H,3,11H2,1-2H3. The molecule has 0 spiro atoms. The van der Waals surface area contributed by atoms with Crippen LogP contribution in [-0.4, -0.2) is 12.4 Å². The summed E-state index contributed by atoms with van der Waals surface area (Å²) in [4.78, 5) is 12.7. The Bertz CT molecular complexity index is 623. The number of carbonyl (C=O) groups is 1. The van der Waals surface area contributed by atoms with E-state index in [9.17, 15) is 4.79 Å². The zero-order chi connectivity index (χ0) is 15.2. The number of ketones is 1. The fraction of sp³-hybridized carbons (Fsp3) is 0.235. The van der Waals surface area contributed by atoms with Gasteiger partial charge in [0.25, 0.3) is 0 Å². The third kappa shape index (κ3) is 4.61.